The first kappa shape index (κ1) is 15.7. The van der Waals surface area contributed by atoms with Crippen molar-refractivity contribution in [3.63, 3.8) is 0 Å². The maximum absolute atomic E-state index is 12.9. The normalized spacial score (nSPS) is 15.9. The third-order valence-corrected chi connectivity index (χ3v) is 3.70. The molecule has 114 valence electrons. The van der Waals surface area contributed by atoms with Gasteiger partial charge in [0, 0.05) is 33.1 Å². The average Bonchev–Trinajstić information content (AvgIpc) is 2.42. The molecule has 1 aromatic carbocycles. The molecule has 1 aromatic rings. The highest BCUT2D eigenvalue weighted by atomic mass is 35.5. The monoisotopic (exact) mass is 313 g/mol. The first-order chi connectivity index (χ1) is 9.95. The van der Waals surface area contributed by atoms with Crippen LogP contribution in [0.3, 0.4) is 0 Å². The van der Waals surface area contributed by atoms with E-state index in [0.29, 0.717) is 31.9 Å². The lowest BCUT2D eigenvalue weighted by Gasteiger charge is -2.33. The zero-order valence-corrected chi connectivity index (χ0v) is 12.5. The Morgan fingerprint density at radius 1 is 1.29 bits per heavy atom. The second kappa shape index (κ2) is 6.87. The fourth-order valence-corrected chi connectivity index (χ4v) is 2.42. The molecule has 2 amide bonds. The molecule has 1 aliphatic heterocycles. The number of benzene rings is 1. The van der Waals surface area contributed by atoms with Crippen molar-refractivity contribution in [2.45, 2.75) is 6.92 Å². The van der Waals surface area contributed by atoms with Gasteiger partial charge in [-0.3, -0.25) is 14.5 Å². The molecule has 1 fully saturated rings. The van der Waals surface area contributed by atoms with Crippen LogP contribution in [0.2, 0.25) is 5.02 Å². The fraction of sp³-hybridized carbons (Fsp3) is 0.429. The maximum Gasteiger partial charge on any atom is 0.238 e. The molecule has 0 spiro atoms. The van der Waals surface area contributed by atoms with Gasteiger partial charge in [-0.15, -0.1) is 0 Å². The first-order valence-corrected chi connectivity index (χ1v) is 7.06. The van der Waals surface area contributed by atoms with Crippen LogP contribution in [0.5, 0.6) is 0 Å². The SMILES string of the molecule is CC(=O)N1CCN(CC(=O)Nc2ccc(F)cc2Cl)CC1. The molecule has 0 radical (unpaired) electrons. The van der Waals surface area contributed by atoms with E-state index in [9.17, 15) is 14.0 Å². The standard InChI is InChI=1S/C14H17ClFN3O2/c1-10(20)19-6-4-18(5-7-19)9-14(21)17-13-3-2-11(16)8-12(13)15/h2-3,8H,4-7,9H2,1H3,(H,17,21). The highest BCUT2D eigenvalue weighted by molar-refractivity contribution is 6.33. The van der Waals surface area contributed by atoms with Crippen molar-refractivity contribution < 1.29 is 14.0 Å². The number of carbonyl (C=O) groups excluding carboxylic acids is 2. The topological polar surface area (TPSA) is 52.7 Å². The fourth-order valence-electron chi connectivity index (χ4n) is 2.20. The molecular weight excluding hydrogens is 297 g/mol. The third kappa shape index (κ3) is 4.41. The Balaban J connectivity index is 1.84. The Kier molecular flexibility index (Phi) is 5.14. The molecule has 1 N–H and O–H groups in total. The summed E-state index contributed by atoms with van der Waals surface area (Å²) in [5, 5.41) is 2.83. The van der Waals surface area contributed by atoms with E-state index in [-0.39, 0.29) is 23.4 Å². The molecule has 21 heavy (non-hydrogen) atoms. The molecule has 7 heteroatoms. The molecule has 0 unspecified atom stereocenters. The van der Waals surface area contributed by atoms with Crippen LogP contribution in [0.1, 0.15) is 6.92 Å². The lowest BCUT2D eigenvalue weighted by atomic mass is 10.3. The van der Waals surface area contributed by atoms with E-state index >= 15 is 0 Å². The minimum absolute atomic E-state index is 0.0530. The van der Waals surface area contributed by atoms with Gasteiger partial charge in [-0.1, -0.05) is 11.6 Å². The number of amides is 2. The number of piperazine rings is 1. The van der Waals surface area contributed by atoms with Gasteiger partial charge in [0.25, 0.3) is 0 Å². The second-order valence-corrected chi connectivity index (χ2v) is 5.36. The van der Waals surface area contributed by atoms with Gasteiger partial charge in [0.1, 0.15) is 5.82 Å². The van der Waals surface area contributed by atoms with E-state index in [2.05, 4.69) is 5.32 Å². The Labute approximate surface area is 127 Å². The number of nitrogens with one attached hydrogen (secondary N) is 1. The minimum Gasteiger partial charge on any atom is -0.340 e. The van der Waals surface area contributed by atoms with Crippen molar-refractivity contribution in [3.05, 3.63) is 29.0 Å². The number of halogens is 2. The van der Waals surface area contributed by atoms with Gasteiger partial charge in [-0.05, 0) is 18.2 Å². The summed E-state index contributed by atoms with van der Waals surface area (Å²) in [7, 11) is 0. The number of rotatable bonds is 3. The van der Waals surface area contributed by atoms with Crippen LogP contribution in [0, 0.1) is 5.82 Å². The van der Waals surface area contributed by atoms with Crippen LogP contribution in [0.15, 0.2) is 18.2 Å². The van der Waals surface area contributed by atoms with Gasteiger partial charge >= 0.3 is 0 Å². The van der Waals surface area contributed by atoms with Crippen molar-refractivity contribution in [1.29, 1.82) is 0 Å². The first-order valence-electron chi connectivity index (χ1n) is 6.68. The highest BCUT2D eigenvalue weighted by Crippen LogP contribution is 2.22. The summed E-state index contributed by atoms with van der Waals surface area (Å²) in [6.07, 6.45) is 0. The van der Waals surface area contributed by atoms with E-state index in [1.807, 2.05) is 4.90 Å². The quantitative estimate of drug-likeness (QED) is 0.922. The summed E-state index contributed by atoms with van der Waals surface area (Å²) in [6.45, 7) is 4.33. The van der Waals surface area contributed by atoms with Crippen molar-refractivity contribution in [3.8, 4) is 0 Å². The molecule has 0 saturated carbocycles. The lowest BCUT2D eigenvalue weighted by Crippen LogP contribution is -2.49. The van der Waals surface area contributed by atoms with Crippen LogP contribution in [0.4, 0.5) is 10.1 Å². The Hall–Kier alpha value is -1.66. The van der Waals surface area contributed by atoms with Gasteiger partial charge in [-0.25, -0.2) is 4.39 Å². The number of hydrogen-bond donors (Lipinski definition) is 1. The Morgan fingerprint density at radius 2 is 1.95 bits per heavy atom. The Morgan fingerprint density at radius 3 is 2.52 bits per heavy atom. The van der Waals surface area contributed by atoms with E-state index in [4.69, 9.17) is 11.6 Å². The zero-order chi connectivity index (χ0) is 15.4. The number of carbonyl (C=O) groups is 2. The van der Waals surface area contributed by atoms with E-state index in [0.717, 1.165) is 6.07 Å². The summed E-state index contributed by atoms with van der Waals surface area (Å²) in [4.78, 5) is 26.9. The number of anilines is 1. The Bertz CT molecular complexity index is 545. The number of hydrogen-bond acceptors (Lipinski definition) is 3. The van der Waals surface area contributed by atoms with Crippen molar-refractivity contribution >= 4 is 29.1 Å². The summed E-state index contributed by atoms with van der Waals surface area (Å²) in [5.74, 6) is -0.602. The summed E-state index contributed by atoms with van der Waals surface area (Å²) < 4.78 is 12.9. The smallest absolute Gasteiger partial charge is 0.238 e. The van der Waals surface area contributed by atoms with Crippen LogP contribution in [-0.2, 0) is 9.59 Å². The highest BCUT2D eigenvalue weighted by Gasteiger charge is 2.20. The van der Waals surface area contributed by atoms with Crippen LogP contribution >= 0.6 is 11.6 Å². The minimum atomic E-state index is -0.446. The van der Waals surface area contributed by atoms with E-state index in [1.54, 1.807) is 11.8 Å². The average molecular weight is 314 g/mol. The van der Waals surface area contributed by atoms with Gasteiger partial charge in [0.15, 0.2) is 0 Å². The molecule has 5 nitrogen and oxygen atoms in total. The van der Waals surface area contributed by atoms with Gasteiger partial charge in [0.2, 0.25) is 11.8 Å². The van der Waals surface area contributed by atoms with Crippen molar-refractivity contribution in [2.75, 3.05) is 38.0 Å². The summed E-state index contributed by atoms with van der Waals surface area (Å²) in [6, 6.07) is 3.83. The van der Waals surface area contributed by atoms with E-state index < -0.39 is 5.82 Å². The van der Waals surface area contributed by atoms with Gasteiger partial charge < -0.3 is 10.2 Å². The summed E-state index contributed by atoms with van der Waals surface area (Å²) >= 11 is 5.86. The van der Waals surface area contributed by atoms with Crippen molar-refractivity contribution in [1.82, 2.24) is 9.80 Å². The molecule has 1 heterocycles. The molecule has 0 aromatic heterocycles. The predicted molar refractivity (Wildman–Crippen MR) is 78.7 cm³/mol. The lowest BCUT2D eigenvalue weighted by molar-refractivity contribution is -0.130. The van der Waals surface area contributed by atoms with Crippen molar-refractivity contribution in [2.24, 2.45) is 0 Å². The van der Waals surface area contributed by atoms with Gasteiger partial charge in [0.05, 0.1) is 17.3 Å². The largest absolute Gasteiger partial charge is 0.340 e. The third-order valence-electron chi connectivity index (χ3n) is 3.39. The number of nitrogens with zero attached hydrogens (tertiary/aromatic N) is 2. The van der Waals surface area contributed by atoms with E-state index in [1.165, 1.54) is 12.1 Å². The zero-order valence-electron chi connectivity index (χ0n) is 11.7. The molecule has 1 saturated heterocycles. The molecule has 2 rings (SSSR count). The van der Waals surface area contributed by atoms with Crippen LogP contribution in [0.25, 0.3) is 0 Å². The molecule has 0 bridgehead atoms. The maximum atomic E-state index is 12.9. The van der Waals surface area contributed by atoms with Crippen LogP contribution < -0.4 is 5.32 Å². The molecule has 1 aliphatic rings. The second-order valence-electron chi connectivity index (χ2n) is 4.95. The van der Waals surface area contributed by atoms with Crippen LogP contribution in [-0.4, -0.2) is 54.3 Å². The predicted octanol–water partition coefficient (Wildman–Crippen LogP) is 1.58. The van der Waals surface area contributed by atoms with Gasteiger partial charge in [-0.2, -0.15) is 0 Å². The molecule has 0 aliphatic carbocycles. The molecule has 0 atom stereocenters. The molecular formula is C14H17ClFN3O2. The summed E-state index contributed by atoms with van der Waals surface area (Å²) in [5.41, 5.74) is 0.394.